The number of amidine groups is 1. The van der Waals surface area contributed by atoms with Gasteiger partial charge < -0.3 is 11.5 Å². The molecule has 0 aliphatic heterocycles. The molecule has 1 heterocycles. The van der Waals surface area contributed by atoms with E-state index < -0.39 is 5.82 Å². The molecule has 8 heteroatoms. The molecule has 0 fully saturated rings. The van der Waals surface area contributed by atoms with E-state index in [1.165, 1.54) is 12.3 Å². The Labute approximate surface area is 101 Å². The van der Waals surface area contributed by atoms with Crippen LogP contribution in [0.15, 0.2) is 39.1 Å². The van der Waals surface area contributed by atoms with E-state index >= 15 is 0 Å². The minimum absolute atomic E-state index is 0.0114. The number of rotatable bonds is 3. The number of aromatic nitrogens is 2. The van der Waals surface area contributed by atoms with E-state index in [9.17, 15) is 4.39 Å². The van der Waals surface area contributed by atoms with Crippen molar-refractivity contribution in [3.63, 3.8) is 0 Å². The molecule has 0 unspecified atom stereocenters. The Morgan fingerprint density at radius 2 is 2.11 bits per heavy atom. The zero-order valence-electron chi connectivity index (χ0n) is 9.12. The number of anilines is 1. The summed E-state index contributed by atoms with van der Waals surface area (Å²) in [6.45, 7) is 0. The summed E-state index contributed by atoms with van der Waals surface area (Å²) in [6, 6.07) is 6.12. The maximum absolute atomic E-state index is 13.2. The maximum Gasteiger partial charge on any atom is 0.199 e. The third kappa shape index (κ3) is 2.48. The molecule has 0 aliphatic carbocycles. The Bertz CT molecular complexity index is 606. The molecule has 0 amide bonds. The Morgan fingerprint density at radius 1 is 1.33 bits per heavy atom. The summed E-state index contributed by atoms with van der Waals surface area (Å²) in [4.78, 5) is 0. The lowest BCUT2D eigenvalue weighted by Gasteiger charge is -1.93. The van der Waals surface area contributed by atoms with Crippen molar-refractivity contribution in [2.24, 2.45) is 15.9 Å². The molecule has 0 radical (unpaired) electrons. The molecule has 2 aromatic rings. The Hall–Kier alpha value is -2.77. The largest absolute Gasteiger partial charge is 0.380 e. The van der Waals surface area contributed by atoms with Crippen LogP contribution in [0.25, 0.3) is 0 Å². The third-order valence-electron chi connectivity index (χ3n) is 2.02. The summed E-state index contributed by atoms with van der Waals surface area (Å²) in [7, 11) is 0. The second-order valence-electron chi connectivity index (χ2n) is 3.25. The summed E-state index contributed by atoms with van der Waals surface area (Å²) < 4.78 is 17.6. The van der Waals surface area contributed by atoms with Crippen molar-refractivity contribution in [2.75, 3.05) is 5.73 Å². The maximum atomic E-state index is 13.2. The van der Waals surface area contributed by atoms with Crippen molar-refractivity contribution < 1.29 is 9.02 Å². The fourth-order valence-electron chi connectivity index (χ4n) is 1.15. The van der Waals surface area contributed by atoms with Gasteiger partial charge in [0.05, 0.1) is 6.21 Å². The van der Waals surface area contributed by atoms with Gasteiger partial charge in [-0.2, -0.15) is 5.10 Å². The molecule has 0 atom stereocenters. The van der Waals surface area contributed by atoms with Gasteiger partial charge in [-0.15, -0.1) is 5.10 Å². The zero-order valence-corrected chi connectivity index (χ0v) is 9.12. The molecule has 0 aliphatic rings. The van der Waals surface area contributed by atoms with Crippen LogP contribution in [-0.4, -0.2) is 22.4 Å². The first-order valence-electron chi connectivity index (χ1n) is 4.88. The molecular weight excluding hydrogens is 239 g/mol. The van der Waals surface area contributed by atoms with Gasteiger partial charge >= 0.3 is 0 Å². The predicted molar refractivity (Wildman–Crippen MR) is 63.4 cm³/mol. The number of halogens is 1. The molecule has 0 spiro atoms. The van der Waals surface area contributed by atoms with Gasteiger partial charge in [0, 0.05) is 5.56 Å². The van der Waals surface area contributed by atoms with Crippen LogP contribution in [0.1, 0.15) is 11.3 Å². The molecule has 1 aromatic heterocycles. The van der Waals surface area contributed by atoms with Gasteiger partial charge in [-0.3, -0.25) is 0 Å². The summed E-state index contributed by atoms with van der Waals surface area (Å²) in [5.74, 6) is -0.462. The highest BCUT2D eigenvalue weighted by Crippen LogP contribution is 2.04. The Morgan fingerprint density at radius 3 is 2.78 bits per heavy atom. The SMILES string of the molecule is NC(=NN=Cc1ccccc1F)c1nonc1N. The van der Waals surface area contributed by atoms with Crippen LogP contribution in [-0.2, 0) is 0 Å². The van der Waals surface area contributed by atoms with Gasteiger partial charge in [-0.05, 0) is 16.4 Å². The van der Waals surface area contributed by atoms with Gasteiger partial charge in [0.2, 0.25) is 0 Å². The highest BCUT2D eigenvalue weighted by atomic mass is 19.1. The molecule has 4 N–H and O–H groups in total. The molecule has 92 valence electrons. The lowest BCUT2D eigenvalue weighted by molar-refractivity contribution is 0.308. The monoisotopic (exact) mass is 248 g/mol. The van der Waals surface area contributed by atoms with Crippen molar-refractivity contribution in [3.05, 3.63) is 41.3 Å². The normalized spacial score (nSPS) is 12.2. The van der Waals surface area contributed by atoms with E-state index in [0.717, 1.165) is 0 Å². The smallest absolute Gasteiger partial charge is 0.199 e. The zero-order chi connectivity index (χ0) is 13.0. The van der Waals surface area contributed by atoms with E-state index in [0.29, 0.717) is 5.56 Å². The van der Waals surface area contributed by atoms with Gasteiger partial charge in [0.1, 0.15) is 5.82 Å². The number of benzene rings is 1. The van der Waals surface area contributed by atoms with Crippen molar-refractivity contribution in [3.8, 4) is 0 Å². The van der Waals surface area contributed by atoms with Crippen molar-refractivity contribution >= 4 is 17.9 Å². The van der Waals surface area contributed by atoms with Crippen LogP contribution in [0.4, 0.5) is 10.2 Å². The Balaban J connectivity index is 2.16. The molecule has 7 nitrogen and oxygen atoms in total. The van der Waals surface area contributed by atoms with Crippen molar-refractivity contribution in [1.82, 2.24) is 10.3 Å². The first-order chi connectivity index (χ1) is 8.68. The average Bonchev–Trinajstić information content (AvgIpc) is 2.78. The average molecular weight is 248 g/mol. The molecule has 1 aromatic carbocycles. The summed E-state index contributed by atoms with van der Waals surface area (Å²) in [5, 5.41) is 14.0. The van der Waals surface area contributed by atoms with Crippen LogP contribution in [0, 0.1) is 5.82 Å². The molecule has 2 rings (SSSR count). The highest BCUT2D eigenvalue weighted by molar-refractivity contribution is 5.99. The predicted octanol–water partition coefficient (Wildman–Crippen LogP) is 0.530. The van der Waals surface area contributed by atoms with Gasteiger partial charge in [0.15, 0.2) is 17.3 Å². The van der Waals surface area contributed by atoms with Gasteiger partial charge in [-0.1, -0.05) is 18.2 Å². The van der Waals surface area contributed by atoms with Crippen molar-refractivity contribution in [1.29, 1.82) is 0 Å². The summed E-state index contributed by atoms with van der Waals surface area (Å²) in [5.41, 5.74) is 11.3. The molecule has 0 bridgehead atoms. The number of hydrogen-bond acceptors (Lipinski definition) is 6. The molecular formula is C10H9FN6O. The minimum Gasteiger partial charge on any atom is -0.380 e. The second-order valence-corrected chi connectivity index (χ2v) is 3.25. The topological polar surface area (TPSA) is 116 Å². The van der Waals surface area contributed by atoms with E-state index in [1.54, 1.807) is 18.2 Å². The van der Waals surface area contributed by atoms with Crippen LogP contribution in [0.5, 0.6) is 0 Å². The van der Waals surface area contributed by atoms with Crippen molar-refractivity contribution in [2.45, 2.75) is 0 Å². The van der Waals surface area contributed by atoms with E-state index in [2.05, 4.69) is 25.1 Å². The van der Waals surface area contributed by atoms with Crippen LogP contribution < -0.4 is 11.5 Å². The van der Waals surface area contributed by atoms with Gasteiger partial charge in [-0.25, -0.2) is 9.02 Å². The van der Waals surface area contributed by atoms with Crippen LogP contribution >= 0.6 is 0 Å². The fraction of sp³-hybridized carbons (Fsp3) is 0. The quantitative estimate of drug-likeness (QED) is 0.467. The second kappa shape index (κ2) is 5.04. The van der Waals surface area contributed by atoms with E-state index in [-0.39, 0.29) is 17.3 Å². The molecule has 0 saturated carbocycles. The third-order valence-corrected chi connectivity index (χ3v) is 2.02. The Kier molecular flexibility index (Phi) is 3.28. The lowest BCUT2D eigenvalue weighted by Crippen LogP contribution is -2.15. The highest BCUT2D eigenvalue weighted by Gasteiger charge is 2.09. The number of hydrogen-bond donors (Lipinski definition) is 2. The molecule has 18 heavy (non-hydrogen) atoms. The van der Waals surface area contributed by atoms with E-state index in [1.807, 2.05) is 0 Å². The summed E-state index contributed by atoms with van der Waals surface area (Å²) >= 11 is 0. The van der Waals surface area contributed by atoms with E-state index in [4.69, 9.17) is 11.5 Å². The van der Waals surface area contributed by atoms with Crippen LogP contribution in [0.3, 0.4) is 0 Å². The fourth-order valence-corrected chi connectivity index (χ4v) is 1.15. The number of nitrogens with zero attached hydrogens (tertiary/aromatic N) is 4. The standard InChI is InChI=1S/C10H9FN6O/c11-7-4-2-1-3-6(7)5-14-15-9(12)8-10(13)17-18-16-8/h1-5H,(H2,12,15)(H2,13,17). The van der Waals surface area contributed by atoms with Crippen LogP contribution in [0.2, 0.25) is 0 Å². The molecule has 0 saturated heterocycles. The van der Waals surface area contributed by atoms with Gasteiger partial charge in [0.25, 0.3) is 0 Å². The first kappa shape index (κ1) is 11.7. The first-order valence-corrected chi connectivity index (χ1v) is 4.88. The number of nitrogen functional groups attached to an aromatic ring is 1. The minimum atomic E-state index is -0.405. The summed E-state index contributed by atoms with van der Waals surface area (Å²) in [6.07, 6.45) is 1.23. The number of nitrogens with two attached hydrogens (primary N) is 2. The lowest BCUT2D eigenvalue weighted by atomic mass is 10.2.